The predicted molar refractivity (Wildman–Crippen MR) is 120 cm³/mol. The fraction of sp³-hybridized carbons (Fsp3) is 0.333. The van der Waals surface area contributed by atoms with Crippen LogP contribution in [0.25, 0.3) is 5.69 Å². The minimum absolute atomic E-state index is 0.0259. The summed E-state index contributed by atoms with van der Waals surface area (Å²) in [5, 5.41) is 15.1. The lowest BCUT2D eigenvalue weighted by atomic mass is 10.0. The van der Waals surface area contributed by atoms with Crippen LogP contribution in [-0.4, -0.2) is 71.0 Å². The Morgan fingerprint density at radius 3 is 2.62 bits per heavy atom. The molecule has 1 aliphatic heterocycles. The van der Waals surface area contributed by atoms with E-state index in [0.717, 1.165) is 18.7 Å². The molecule has 0 aliphatic carbocycles. The molecule has 32 heavy (non-hydrogen) atoms. The van der Waals surface area contributed by atoms with Crippen LogP contribution in [0, 0.1) is 0 Å². The van der Waals surface area contributed by atoms with E-state index in [2.05, 4.69) is 25.7 Å². The van der Waals surface area contributed by atoms with Gasteiger partial charge in [0.2, 0.25) is 0 Å². The van der Waals surface area contributed by atoms with E-state index in [9.17, 15) is 4.79 Å². The van der Waals surface area contributed by atoms with Gasteiger partial charge in [0.25, 0.3) is 5.91 Å². The second kappa shape index (κ2) is 10.3. The summed E-state index contributed by atoms with van der Waals surface area (Å²) in [4.78, 5) is 15.4. The number of rotatable bonds is 7. The van der Waals surface area contributed by atoms with Crippen molar-refractivity contribution in [2.24, 2.45) is 0 Å². The molecule has 0 spiro atoms. The van der Waals surface area contributed by atoms with E-state index >= 15 is 0 Å². The van der Waals surface area contributed by atoms with E-state index in [4.69, 9.17) is 32.7 Å². The summed E-state index contributed by atoms with van der Waals surface area (Å²) in [6, 6.07) is 10.8. The van der Waals surface area contributed by atoms with Crippen LogP contribution in [0.4, 0.5) is 0 Å². The molecule has 4 rings (SSSR count). The first-order chi connectivity index (χ1) is 15.6. The third-order valence-electron chi connectivity index (χ3n) is 5.31. The molecule has 1 unspecified atom stereocenters. The summed E-state index contributed by atoms with van der Waals surface area (Å²) in [7, 11) is 1.49. The van der Waals surface area contributed by atoms with Crippen molar-refractivity contribution in [3.8, 4) is 11.4 Å². The standard InChI is InChI=1S/C21H22Cl2N6O3/c1-31-20-11-18(29-13-25-26-27-29)17(23)10-16(20)21(30)24-12-19(28-6-8-32-9-7-28)14-2-4-15(22)5-3-14/h2-5,10-11,13,19H,6-9,12H2,1H3,(H,24,30). The van der Waals surface area contributed by atoms with Crippen molar-refractivity contribution in [1.29, 1.82) is 0 Å². The van der Waals surface area contributed by atoms with Gasteiger partial charge < -0.3 is 14.8 Å². The van der Waals surface area contributed by atoms with Crippen molar-refractivity contribution >= 4 is 29.1 Å². The lowest BCUT2D eigenvalue weighted by molar-refractivity contribution is 0.0162. The highest BCUT2D eigenvalue weighted by molar-refractivity contribution is 6.33. The highest BCUT2D eigenvalue weighted by Gasteiger charge is 2.24. The van der Waals surface area contributed by atoms with Gasteiger partial charge in [0.15, 0.2) is 0 Å². The van der Waals surface area contributed by atoms with Gasteiger partial charge in [0, 0.05) is 30.7 Å². The zero-order valence-corrected chi connectivity index (χ0v) is 18.9. The van der Waals surface area contributed by atoms with Crippen molar-refractivity contribution in [2.45, 2.75) is 6.04 Å². The molecule has 0 bridgehead atoms. The lowest BCUT2D eigenvalue weighted by Crippen LogP contribution is -2.43. The van der Waals surface area contributed by atoms with E-state index in [1.165, 1.54) is 18.1 Å². The van der Waals surface area contributed by atoms with Crippen LogP contribution in [0.15, 0.2) is 42.7 Å². The number of hydrogen-bond acceptors (Lipinski definition) is 7. The number of methoxy groups -OCH3 is 1. The molecule has 2 heterocycles. The summed E-state index contributed by atoms with van der Waals surface area (Å²) in [6.07, 6.45) is 1.42. The van der Waals surface area contributed by atoms with Crippen LogP contribution >= 0.6 is 23.2 Å². The van der Waals surface area contributed by atoms with Gasteiger partial charge in [-0.3, -0.25) is 9.69 Å². The average molecular weight is 477 g/mol. The smallest absolute Gasteiger partial charge is 0.255 e. The highest BCUT2D eigenvalue weighted by atomic mass is 35.5. The first kappa shape index (κ1) is 22.5. The Morgan fingerprint density at radius 1 is 1.22 bits per heavy atom. The Morgan fingerprint density at radius 2 is 1.97 bits per heavy atom. The number of tetrazole rings is 1. The maximum absolute atomic E-state index is 13.1. The molecule has 0 saturated carbocycles. The molecule has 9 nitrogen and oxygen atoms in total. The summed E-state index contributed by atoms with van der Waals surface area (Å²) in [5.74, 6) is 0.0750. The molecule has 1 N–H and O–H groups in total. The molecule has 168 valence electrons. The average Bonchev–Trinajstić information content (AvgIpc) is 3.35. The van der Waals surface area contributed by atoms with Crippen LogP contribution < -0.4 is 10.1 Å². The van der Waals surface area contributed by atoms with Crippen LogP contribution in [-0.2, 0) is 4.74 Å². The summed E-state index contributed by atoms with van der Waals surface area (Å²) < 4.78 is 12.3. The Kier molecular flexibility index (Phi) is 7.21. The molecule has 1 fully saturated rings. The number of morpholine rings is 1. The van der Waals surface area contributed by atoms with E-state index in [0.29, 0.717) is 46.8 Å². The number of amides is 1. The Balaban J connectivity index is 1.55. The van der Waals surface area contributed by atoms with Crippen LogP contribution in [0.1, 0.15) is 22.0 Å². The molecule has 1 aliphatic rings. The largest absolute Gasteiger partial charge is 0.496 e. The van der Waals surface area contributed by atoms with E-state index in [1.807, 2.05) is 24.3 Å². The fourth-order valence-electron chi connectivity index (χ4n) is 3.65. The van der Waals surface area contributed by atoms with Crippen molar-refractivity contribution in [1.82, 2.24) is 30.4 Å². The number of carbonyl (C=O) groups is 1. The molecular formula is C21H22Cl2N6O3. The van der Waals surface area contributed by atoms with Gasteiger partial charge in [-0.15, -0.1) is 5.10 Å². The zero-order chi connectivity index (χ0) is 22.5. The monoisotopic (exact) mass is 476 g/mol. The number of nitrogens with zero attached hydrogens (tertiary/aromatic N) is 5. The molecule has 1 amide bonds. The minimum Gasteiger partial charge on any atom is -0.496 e. The van der Waals surface area contributed by atoms with Crippen molar-refractivity contribution in [3.63, 3.8) is 0 Å². The second-order valence-electron chi connectivity index (χ2n) is 7.18. The maximum atomic E-state index is 13.1. The van der Waals surface area contributed by atoms with Crippen molar-refractivity contribution < 1.29 is 14.3 Å². The summed E-state index contributed by atoms with van der Waals surface area (Å²) in [6.45, 7) is 3.26. The fourth-order valence-corrected chi connectivity index (χ4v) is 4.03. The molecule has 11 heteroatoms. The maximum Gasteiger partial charge on any atom is 0.255 e. The Labute approximate surface area is 195 Å². The van der Waals surface area contributed by atoms with Gasteiger partial charge in [-0.05, 0) is 34.2 Å². The molecule has 2 aromatic carbocycles. The van der Waals surface area contributed by atoms with Gasteiger partial charge in [0.05, 0.1) is 42.6 Å². The third kappa shape index (κ3) is 5.02. The number of nitrogens with one attached hydrogen (secondary N) is 1. The highest BCUT2D eigenvalue weighted by Crippen LogP contribution is 2.30. The molecular weight excluding hydrogens is 455 g/mol. The van der Waals surface area contributed by atoms with Crippen molar-refractivity contribution in [2.75, 3.05) is 40.0 Å². The topological polar surface area (TPSA) is 94.4 Å². The van der Waals surface area contributed by atoms with Crippen LogP contribution in [0.2, 0.25) is 10.0 Å². The number of benzene rings is 2. The van der Waals surface area contributed by atoms with Gasteiger partial charge >= 0.3 is 0 Å². The molecule has 1 saturated heterocycles. The molecule has 3 aromatic rings. The van der Waals surface area contributed by atoms with Gasteiger partial charge in [0.1, 0.15) is 12.1 Å². The summed E-state index contributed by atoms with van der Waals surface area (Å²) in [5.41, 5.74) is 1.90. The number of ether oxygens (including phenoxy) is 2. The summed E-state index contributed by atoms with van der Waals surface area (Å²) >= 11 is 12.5. The van der Waals surface area contributed by atoms with E-state index < -0.39 is 0 Å². The van der Waals surface area contributed by atoms with E-state index in [-0.39, 0.29) is 11.9 Å². The first-order valence-corrected chi connectivity index (χ1v) is 10.8. The zero-order valence-electron chi connectivity index (χ0n) is 17.4. The van der Waals surface area contributed by atoms with Crippen molar-refractivity contribution in [3.05, 3.63) is 63.9 Å². The van der Waals surface area contributed by atoms with Crippen LogP contribution in [0.3, 0.4) is 0 Å². The minimum atomic E-state index is -0.292. The number of carbonyl (C=O) groups excluding carboxylic acids is 1. The SMILES string of the molecule is COc1cc(-n2cnnn2)c(Cl)cc1C(=O)NCC(c1ccc(Cl)cc1)N1CCOCC1. The Hall–Kier alpha value is -2.72. The lowest BCUT2D eigenvalue weighted by Gasteiger charge is -2.35. The molecule has 1 atom stereocenters. The van der Waals surface area contributed by atoms with Gasteiger partial charge in [-0.25, -0.2) is 0 Å². The first-order valence-electron chi connectivity index (χ1n) is 10.0. The van der Waals surface area contributed by atoms with Crippen LogP contribution in [0.5, 0.6) is 5.75 Å². The second-order valence-corrected chi connectivity index (χ2v) is 8.03. The molecule has 1 aromatic heterocycles. The van der Waals surface area contributed by atoms with E-state index in [1.54, 1.807) is 12.1 Å². The Bertz CT molecular complexity index is 1060. The third-order valence-corrected chi connectivity index (χ3v) is 5.86. The van der Waals surface area contributed by atoms with Gasteiger partial charge in [-0.1, -0.05) is 35.3 Å². The van der Waals surface area contributed by atoms with Gasteiger partial charge in [-0.2, -0.15) is 4.68 Å². The quantitative estimate of drug-likeness (QED) is 0.559. The normalized spacial score (nSPS) is 15.3. The number of hydrogen-bond donors (Lipinski definition) is 1. The predicted octanol–water partition coefficient (Wildman–Crippen LogP) is 2.78. The molecule has 0 radical (unpaired) electrons. The number of aromatic nitrogens is 4. The number of halogens is 2.